The van der Waals surface area contributed by atoms with E-state index in [-0.39, 0.29) is 18.1 Å². The van der Waals surface area contributed by atoms with Crippen LogP contribution in [0, 0.1) is 11.6 Å². The molecule has 0 spiro atoms. The Kier molecular flexibility index (Phi) is 6.63. The molecule has 0 bridgehead atoms. The van der Waals surface area contributed by atoms with Crippen LogP contribution in [0.25, 0.3) is 0 Å². The molecule has 1 fully saturated rings. The van der Waals surface area contributed by atoms with E-state index in [1.165, 1.54) is 18.2 Å². The van der Waals surface area contributed by atoms with Gasteiger partial charge in [0.1, 0.15) is 23.5 Å². The minimum atomic E-state index is -0.509. The quantitative estimate of drug-likeness (QED) is 0.642. The molecule has 6 heteroatoms. The minimum absolute atomic E-state index is 0.107. The van der Waals surface area contributed by atoms with Gasteiger partial charge in [-0.05, 0) is 30.7 Å². The summed E-state index contributed by atoms with van der Waals surface area (Å²) in [7, 11) is 1.72. The zero-order valence-corrected chi connectivity index (χ0v) is 15.5. The van der Waals surface area contributed by atoms with E-state index < -0.39 is 11.6 Å². The van der Waals surface area contributed by atoms with Gasteiger partial charge in [0.2, 0.25) is 0 Å². The highest BCUT2D eigenvalue weighted by molar-refractivity contribution is 5.80. The third-order valence-electron chi connectivity index (χ3n) is 4.72. The Morgan fingerprint density at radius 3 is 2.37 bits per heavy atom. The lowest BCUT2D eigenvalue weighted by molar-refractivity contribution is 0.129. The number of likely N-dealkylation sites (tertiary alicyclic amines) is 1. The first-order valence-corrected chi connectivity index (χ1v) is 9.27. The summed E-state index contributed by atoms with van der Waals surface area (Å²) in [6, 6.07) is 13.8. The van der Waals surface area contributed by atoms with Crippen molar-refractivity contribution in [2.24, 2.45) is 4.99 Å². The van der Waals surface area contributed by atoms with E-state index in [9.17, 15) is 8.78 Å². The van der Waals surface area contributed by atoms with E-state index in [4.69, 9.17) is 4.74 Å². The molecule has 1 N–H and O–H groups in total. The summed E-state index contributed by atoms with van der Waals surface area (Å²) in [6.45, 7) is 2.07. The molecule has 0 aliphatic carbocycles. The van der Waals surface area contributed by atoms with Gasteiger partial charge in [-0.1, -0.05) is 24.3 Å². The Morgan fingerprint density at radius 2 is 1.74 bits per heavy atom. The predicted octanol–water partition coefficient (Wildman–Crippen LogP) is 3.63. The van der Waals surface area contributed by atoms with E-state index in [2.05, 4.69) is 15.2 Å². The van der Waals surface area contributed by atoms with Gasteiger partial charge in [0.25, 0.3) is 0 Å². The number of hydrogen-bond acceptors (Lipinski definition) is 2. The van der Waals surface area contributed by atoms with Crippen LogP contribution in [0.4, 0.5) is 8.78 Å². The Balaban J connectivity index is 1.46. The maximum absolute atomic E-state index is 13.7. The number of piperidine rings is 1. The molecule has 4 nitrogen and oxygen atoms in total. The molecule has 27 heavy (non-hydrogen) atoms. The molecule has 0 unspecified atom stereocenters. The predicted molar refractivity (Wildman–Crippen MR) is 103 cm³/mol. The molecule has 144 valence electrons. The number of ether oxygens (including phenoxy) is 1. The van der Waals surface area contributed by atoms with Gasteiger partial charge in [0, 0.05) is 45.1 Å². The van der Waals surface area contributed by atoms with Crippen molar-refractivity contribution in [1.82, 2.24) is 10.2 Å². The molecule has 1 aliphatic heterocycles. The maximum atomic E-state index is 13.7. The number of aliphatic imine (C=N–C) groups is 1. The number of para-hydroxylation sites is 1. The molecular weight excluding hydrogens is 348 g/mol. The smallest absolute Gasteiger partial charge is 0.193 e. The molecule has 3 rings (SSSR count). The standard InChI is InChI=1S/C21H25F2N3O/c1-24-21(25-13-10-18-19(22)8-5-9-20(18)23)26-14-11-17(12-15-26)27-16-6-3-2-4-7-16/h2-9,17H,10-15H2,1H3,(H,24,25). The highest BCUT2D eigenvalue weighted by Gasteiger charge is 2.22. The molecule has 2 aromatic carbocycles. The second kappa shape index (κ2) is 9.35. The summed E-state index contributed by atoms with van der Waals surface area (Å²) < 4.78 is 33.4. The van der Waals surface area contributed by atoms with Gasteiger partial charge in [-0.15, -0.1) is 0 Å². The zero-order chi connectivity index (χ0) is 19.1. The number of nitrogens with one attached hydrogen (secondary N) is 1. The highest BCUT2D eigenvalue weighted by atomic mass is 19.1. The van der Waals surface area contributed by atoms with Crippen molar-refractivity contribution in [1.29, 1.82) is 0 Å². The summed E-state index contributed by atoms with van der Waals surface area (Å²) in [5.41, 5.74) is 0.107. The number of benzene rings is 2. The first kappa shape index (κ1) is 19.1. The first-order chi connectivity index (χ1) is 13.2. The van der Waals surface area contributed by atoms with Crippen LogP contribution < -0.4 is 10.1 Å². The summed E-state index contributed by atoms with van der Waals surface area (Å²) in [5, 5.41) is 3.21. The van der Waals surface area contributed by atoms with E-state index in [0.29, 0.717) is 6.54 Å². The topological polar surface area (TPSA) is 36.9 Å². The lowest BCUT2D eigenvalue weighted by atomic mass is 10.1. The number of rotatable bonds is 5. The van der Waals surface area contributed by atoms with Gasteiger partial charge in [-0.2, -0.15) is 0 Å². The van der Waals surface area contributed by atoms with Gasteiger partial charge in [0.15, 0.2) is 5.96 Å². The van der Waals surface area contributed by atoms with Crippen molar-refractivity contribution in [3.63, 3.8) is 0 Å². The third-order valence-corrected chi connectivity index (χ3v) is 4.72. The molecule has 0 atom stereocenters. The fraction of sp³-hybridized carbons (Fsp3) is 0.381. The van der Waals surface area contributed by atoms with Gasteiger partial charge in [-0.25, -0.2) is 8.78 Å². The average Bonchev–Trinajstić information content (AvgIpc) is 2.69. The summed E-state index contributed by atoms with van der Waals surface area (Å²) >= 11 is 0. The Morgan fingerprint density at radius 1 is 1.07 bits per heavy atom. The zero-order valence-electron chi connectivity index (χ0n) is 15.5. The molecule has 2 aromatic rings. The molecule has 1 saturated heterocycles. The summed E-state index contributed by atoms with van der Waals surface area (Å²) in [5.74, 6) is 0.631. The number of guanidine groups is 1. The number of nitrogens with zero attached hydrogens (tertiary/aromatic N) is 2. The maximum Gasteiger partial charge on any atom is 0.193 e. The van der Waals surface area contributed by atoms with Crippen molar-refractivity contribution < 1.29 is 13.5 Å². The molecular formula is C21H25F2N3O. The van der Waals surface area contributed by atoms with E-state index in [1.807, 2.05) is 30.3 Å². The second-order valence-corrected chi connectivity index (χ2v) is 6.54. The Hall–Kier alpha value is -2.63. The summed E-state index contributed by atoms with van der Waals surface area (Å²) in [4.78, 5) is 6.46. The summed E-state index contributed by atoms with van der Waals surface area (Å²) in [6.07, 6.45) is 2.26. The lowest BCUT2D eigenvalue weighted by Gasteiger charge is -2.34. The monoisotopic (exact) mass is 373 g/mol. The van der Waals surface area contributed by atoms with Gasteiger partial charge >= 0.3 is 0 Å². The minimum Gasteiger partial charge on any atom is -0.490 e. The fourth-order valence-electron chi connectivity index (χ4n) is 3.28. The average molecular weight is 373 g/mol. The SMILES string of the molecule is CN=C(NCCc1c(F)cccc1F)N1CCC(Oc2ccccc2)CC1. The van der Waals surface area contributed by atoms with Crippen LogP contribution in [0.3, 0.4) is 0 Å². The van der Waals surface area contributed by atoms with Crippen molar-refractivity contribution in [2.75, 3.05) is 26.7 Å². The van der Waals surface area contributed by atoms with Crippen molar-refractivity contribution >= 4 is 5.96 Å². The molecule has 0 radical (unpaired) electrons. The lowest BCUT2D eigenvalue weighted by Crippen LogP contribution is -2.47. The Labute approximate surface area is 158 Å². The van der Waals surface area contributed by atoms with Crippen LogP contribution in [0.15, 0.2) is 53.5 Å². The van der Waals surface area contributed by atoms with Crippen molar-refractivity contribution in [3.05, 3.63) is 65.7 Å². The first-order valence-electron chi connectivity index (χ1n) is 9.27. The van der Waals surface area contributed by atoms with Crippen LogP contribution in [0.2, 0.25) is 0 Å². The van der Waals surface area contributed by atoms with Crippen molar-refractivity contribution in [3.8, 4) is 5.75 Å². The molecule has 1 aliphatic rings. The van der Waals surface area contributed by atoms with Crippen LogP contribution in [-0.4, -0.2) is 43.6 Å². The van der Waals surface area contributed by atoms with Crippen LogP contribution in [-0.2, 0) is 6.42 Å². The molecule has 1 heterocycles. The van der Waals surface area contributed by atoms with E-state index in [1.54, 1.807) is 7.05 Å². The number of halogens is 2. The highest BCUT2D eigenvalue weighted by Crippen LogP contribution is 2.18. The largest absolute Gasteiger partial charge is 0.490 e. The molecule has 0 saturated carbocycles. The van der Waals surface area contributed by atoms with E-state index >= 15 is 0 Å². The van der Waals surface area contributed by atoms with Crippen LogP contribution >= 0.6 is 0 Å². The van der Waals surface area contributed by atoms with Gasteiger partial charge in [0.05, 0.1) is 0 Å². The second-order valence-electron chi connectivity index (χ2n) is 6.54. The third kappa shape index (κ3) is 5.18. The van der Waals surface area contributed by atoms with Crippen LogP contribution in [0.5, 0.6) is 5.75 Å². The van der Waals surface area contributed by atoms with E-state index in [0.717, 1.165) is 37.6 Å². The fourth-order valence-corrected chi connectivity index (χ4v) is 3.28. The van der Waals surface area contributed by atoms with Gasteiger partial charge in [-0.3, -0.25) is 4.99 Å². The van der Waals surface area contributed by atoms with Crippen molar-refractivity contribution in [2.45, 2.75) is 25.4 Å². The van der Waals surface area contributed by atoms with Gasteiger partial charge < -0.3 is 15.0 Å². The normalized spacial score (nSPS) is 15.7. The molecule has 0 amide bonds. The molecule has 0 aromatic heterocycles. The Bertz CT molecular complexity index is 739. The number of hydrogen-bond donors (Lipinski definition) is 1. The van der Waals surface area contributed by atoms with Crippen LogP contribution in [0.1, 0.15) is 18.4 Å².